The van der Waals surface area contributed by atoms with Gasteiger partial charge in [-0.25, -0.2) is 25.2 Å². The number of alkyl halides is 1. The van der Waals surface area contributed by atoms with E-state index in [1.807, 2.05) is 0 Å². The van der Waals surface area contributed by atoms with Crippen LogP contribution in [0.1, 0.15) is 64.3 Å². The molecular weight excluding hydrogens is 1090 g/mol. The molecule has 23 nitrogen and oxygen atoms in total. The fourth-order valence-corrected chi connectivity index (χ4v) is 8.19. The van der Waals surface area contributed by atoms with Crippen LogP contribution in [0.4, 0.5) is 28.3 Å². The van der Waals surface area contributed by atoms with Gasteiger partial charge in [-0.1, -0.05) is 86.5 Å². The number of rotatable bonds is 15. The monoisotopic (exact) mass is 1170 g/mol. The number of piperazine rings is 2. The van der Waals surface area contributed by atoms with E-state index in [9.17, 15) is 14.0 Å². The third-order valence-corrected chi connectivity index (χ3v) is 13.8. The predicted octanol–water partition coefficient (Wildman–Crippen LogP) is -0.537. The first-order valence-electron chi connectivity index (χ1n) is 25.1. The van der Waals surface area contributed by atoms with Crippen molar-refractivity contribution in [2.45, 2.75) is 52.4 Å². The van der Waals surface area contributed by atoms with E-state index >= 15 is 0 Å². The molecule has 2 saturated heterocycles. The van der Waals surface area contributed by atoms with Crippen LogP contribution < -0.4 is 129 Å². The average Bonchev–Trinajstić information content (AvgIpc) is 4.19. The molecule has 0 radical (unpaired) electrons. The topological polar surface area (TPSA) is 290 Å². The van der Waals surface area contributed by atoms with Crippen molar-refractivity contribution in [3.63, 3.8) is 0 Å². The molecule has 79 heavy (non-hydrogen) atoms. The van der Waals surface area contributed by atoms with Gasteiger partial charge < -0.3 is 54.7 Å². The number of likely N-dealkylation sites (N-methyl/N-ethyl adjacent to an activating group) is 1. The van der Waals surface area contributed by atoms with Crippen LogP contribution in [0.15, 0.2) is 82.4 Å². The summed E-state index contributed by atoms with van der Waals surface area (Å²) in [5.41, 5.74) is 16.5. The van der Waals surface area contributed by atoms with E-state index in [1.165, 1.54) is 4.90 Å². The van der Waals surface area contributed by atoms with E-state index in [0.717, 1.165) is 85.7 Å². The number of carbonyl (C=O) groups is 3. The van der Waals surface area contributed by atoms with Crippen LogP contribution in [0.2, 0.25) is 0 Å². The Morgan fingerprint density at radius 3 is 1.41 bits per heavy atom. The molecule has 6 aromatic rings. The van der Waals surface area contributed by atoms with E-state index in [-0.39, 0.29) is 156 Å². The van der Waals surface area contributed by atoms with Gasteiger partial charge in [0.15, 0.2) is 11.6 Å². The van der Waals surface area contributed by atoms with Gasteiger partial charge in [-0.2, -0.15) is 17.1 Å². The quantitative estimate of drug-likeness (QED) is 0.0251. The molecule has 2 unspecified atom stereocenters. The van der Waals surface area contributed by atoms with E-state index in [0.29, 0.717) is 30.2 Å². The Morgan fingerprint density at radius 2 is 1.10 bits per heavy atom. The number of anilines is 4. The molecule has 4 aromatic heterocycles. The maximum absolute atomic E-state index is 12.0. The van der Waals surface area contributed by atoms with Gasteiger partial charge in [-0.3, -0.25) is 19.3 Å². The molecule has 0 spiro atoms. The summed E-state index contributed by atoms with van der Waals surface area (Å²) in [5, 5.41) is 15.2. The van der Waals surface area contributed by atoms with Crippen LogP contribution in [0, 0.1) is 19.0 Å². The summed E-state index contributed by atoms with van der Waals surface area (Å²) in [6, 6.07) is 17.8. The number of nitrogen functional groups attached to an aromatic ring is 2. The summed E-state index contributed by atoms with van der Waals surface area (Å²) >= 11 is 5.16. The molecule has 2 amide bonds. The number of nitrogens with zero attached hydrogens (tertiary/aromatic N) is 13. The van der Waals surface area contributed by atoms with Crippen LogP contribution in [-0.2, 0) is 30.1 Å². The summed E-state index contributed by atoms with van der Waals surface area (Å²) < 4.78 is 26.3. The van der Waals surface area contributed by atoms with Crippen LogP contribution in [0.3, 0.4) is 0 Å². The van der Waals surface area contributed by atoms with Gasteiger partial charge in [-0.05, 0) is 47.9 Å². The molecule has 27 heteroatoms. The van der Waals surface area contributed by atoms with E-state index in [4.69, 9.17) is 48.3 Å². The fraction of sp³-hybridized carbons (Fsp3) is 0.462. The Morgan fingerprint density at radius 1 is 0.722 bits per heavy atom. The normalized spacial score (nSPS) is 14.6. The average molecular weight is 1170 g/mol. The molecule has 2 aliphatic rings. The molecule has 0 aliphatic carbocycles. The Hall–Kier alpha value is -4.14. The Kier molecular flexibility index (Phi) is 30.6. The summed E-state index contributed by atoms with van der Waals surface area (Å²) in [6.45, 7) is 20.1. The number of carbonyl (C=O) groups excluding carboxylic acids is 3. The summed E-state index contributed by atoms with van der Waals surface area (Å²) in [5.74, 6) is 2.55. The molecule has 2 aliphatic heterocycles. The summed E-state index contributed by atoms with van der Waals surface area (Å²) in [7, 11) is 8.66. The van der Waals surface area contributed by atoms with E-state index in [1.54, 1.807) is 65.1 Å². The maximum Gasteiger partial charge on any atom is 1.00 e. The van der Waals surface area contributed by atoms with Gasteiger partial charge in [0.25, 0.3) is 1.43 Å². The van der Waals surface area contributed by atoms with Gasteiger partial charge in [0.1, 0.15) is 5.88 Å². The number of hydrogen-bond donors (Lipinski definition) is 4. The van der Waals surface area contributed by atoms with Gasteiger partial charge >= 0.3 is 121 Å². The number of hydrogen-bond acceptors (Lipinski definition) is 21. The minimum absolute atomic E-state index is 0. The van der Waals surface area contributed by atoms with Crippen LogP contribution >= 0.6 is 11.6 Å². The number of nitrogens with one attached hydrogen (secondary N) is 1. The Labute approximate surface area is 553 Å². The first kappa shape index (κ1) is 69.1. The Bertz CT molecular complexity index is 2740. The molecule has 2 fully saturated rings. The SMILES string of the molecule is CC(C)C(C)(c1ccc(-c2cnc(N)nc2)cc1)c1noc(N2CCN(CC(=O)N(C)C)CC2)n1.CC(C)C(C)(c1ccc(-c2cnc(N)nc2)cc1)c1noc(N2CCNCC2)n1.CN(C)C(=O)CCl.[2H]OOC=O.[CH2-]F.[K+].[K+]. The molecule has 2 aromatic carbocycles. The summed E-state index contributed by atoms with van der Waals surface area (Å²) in [6.07, 6.45) is 6.91. The molecular formula is C52H73ClFK2N16O7+. The number of halogens is 2. The standard InChI is InChI=1S/C25H34N8O2.C21H27N7O.C4H8ClNO.CH2F.CH2O3.2K/c1-17(2)25(3,20-8-6-18(7-9-20)19-14-27-23(26)28-15-19)22-29-24(35-30-22)33-12-10-32(11-13-33)16-21(34)31(4)5;1-14(2)21(3,18-26-20(29-27-18)28-10-8-23-9-11-28)17-6-4-15(5-7-17)16-12-24-19(22)25-13-16;1-6(2)4(7)3-5;1-2;2-1-4-3;;/h6-9,14-15,17H,10-13,16H2,1-5H3,(H2,26,27,28);4-7,12-14,23H,8-11H2,1-3H3,(H2,22,24,25);3H2,1-2H3;1H2;1,3H;;/q;;;-1;;2*+1/i/hD. The molecule has 6 heterocycles. The van der Waals surface area contributed by atoms with Gasteiger partial charge in [-0.15, -0.1) is 11.6 Å². The van der Waals surface area contributed by atoms with Gasteiger partial charge in [0.05, 0.1) is 17.4 Å². The Balaban J connectivity index is 0.000000437. The van der Waals surface area contributed by atoms with Gasteiger partial charge in [0, 0.05) is 116 Å². The molecule has 6 N–H and O–H groups in total. The van der Waals surface area contributed by atoms with Crippen molar-refractivity contribution in [2.24, 2.45) is 11.8 Å². The largest absolute Gasteiger partial charge is 1.00 e. The van der Waals surface area contributed by atoms with E-state index < -0.39 is 5.41 Å². The number of aromatic nitrogens is 8. The molecule has 418 valence electrons. The molecule has 0 bridgehead atoms. The van der Waals surface area contributed by atoms with E-state index in [2.05, 4.69) is 150 Å². The summed E-state index contributed by atoms with van der Waals surface area (Å²) in [4.78, 5) is 70.0. The van der Waals surface area contributed by atoms with Gasteiger partial charge in [0.2, 0.25) is 23.7 Å². The minimum atomic E-state index is -0.433. The van der Waals surface area contributed by atoms with Crippen molar-refractivity contribution in [1.82, 2.24) is 60.2 Å². The first-order valence-corrected chi connectivity index (χ1v) is 25.2. The smallest absolute Gasteiger partial charge is 0.463 e. The maximum atomic E-state index is 12.0. The number of amides is 2. The van der Waals surface area contributed by atoms with Crippen molar-refractivity contribution < 1.29 is 141 Å². The van der Waals surface area contributed by atoms with Crippen molar-refractivity contribution in [1.29, 1.82) is 1.43 Å². The zero-order valence-electron chi connectivity index (χ0n) is 48.5. The van der Waals surface area contributed by atoms with Crippen molar-refractivity contribution in [2.75, 3.05) is 114 Å². The minimum Gasteiger partial charge on any atom is -0.463 e. The second kappa shape index (κ2) is 35.0. The second-order valence-electron chi connectivity index (χ2n) is 19.2. The van der Waals surface area contributed by atoms with Crippen molar-refractivity contribution >= 4 is 53.8 Å². The second-order valence-corrected chi connectivity index (χ2v) is 19.5. The molecule has 0 saturated carbocycles. The van der Waals surface area contributed by atoms with Crippen LogP contribution in [-0.4, -0.2) is 171 Å². The van der Waals surface area contributed by atoms with Crippen molar-refractivity contribution in [3.8, 4) is 22.3 Å². The predicted molar refractivity (Wildman–Crippen MR) is 293 cm³/mol. The fourth-order valence-electron chi connectivity index (χ4n) is 7.95. The van der Waals surface area contributed by atoms with Crippen molar-refractivity contribution in [3.05, 3.63) is 103 Å². The number of benzene rings is 2. The number of nitrogens with two attached hydrogens (primary N) is 2. The first-order chi connectivity index (χ1) is 37.3. The third kappa shape index (κ3) is 19.8. The zero-order valence-corrected chi connectivity index (χ0v) is 54.5. The molecule has 2 atom stereocenters. The zero-order chi connectivity index (χ0) is 57.6. The molecule has 8 rings (SSSR count). The van der Waals surface area contributed by atoms with Crippen LogP contribution in [0.5, 0.6) is 0 Å². The van der Waals surface area contributed by atoms with Crippen LogP contribution in [0.25, 0.3) is 23.7 Å². The third-order valence-electron chi connectivity index (χ3n) is 13.6.